The third-order valence-electron chi connectivity index (χ3n) is 3.15. The molecule has 0 aliphatic rings. The number of nitrogens with zero attached hydrogens (tertiary/aromatic N) is 2. The van der Waals surface area contributed by atoms with Crippen LogP contribution in [0.4, 0.5) is 5.82 Å². The lowest BCUT2D eigenvalue weighted by Gasteiger charge is -2.09. The molecule has 0 atom stereocenters. The Bertz CT molecular complexity index is 670. The number of nitrogens with one attached hydrogen (secondary N) is 1. The molecule has 21 heavy (non-hydrogen) atoms. The highest BCUT2D eigenvalue weighted by Gasteiger charge is 2.20. The summed E-state index contributed by atoms with van der Waals surface area (Å²) in [6.45, 7) is 6.99. The molecule has 2 heterocycles. The maximum Gasteiger partial charge on any atom is 0.348 e. The molecule has 0 saturated carbocycles. The fourth-order valence-electron chi connectivity index (χ4n) is 2.01. The zero-order valence-corrected chi connectivity index (χ0v) is 14.1. The molecule has 0 bridgehead atoms. The molecular weight excluding hydrogens is 310 g/mol. The third kappa shape index (κ3) is 3.44. The number of rotatable bonds is 5. The van der Waals surface area contributed by atoms with E-state index in [1.54, 1.807) is 0 Å². The molecule has 5 nitrogen and oxygen atoms in total. The molecule has 2 aromatic heterocycles. The Morgan fingerprint density at radius 1 is 1.43 bits per heavy atom. The van der Waals surface area contributed by atoms with Crippen molar-refractivity contribution in [3.8, 4) is 0 Å². The summed E-state index contributed by atoms with van der Waals surface area (Å²) < 4.78 is 4.80. The second-order valence-corrected chi connectivity index (χ2v) is 6.52. The number of hydrogen-bond acceptors (Lipinski definition) is 6. The van der Waals surface area contributed by atoms with E-state index in [0.29, 0.717) is 21.4 Å². The molecule has 7 heteroatoms. The van der Waals surface area contributed by atoms with Crippen LogP contribution in [-0.2, 0) is 4.74 Å². The quantitative estimate of drug-likeness (QED) is 0.666. The molecule has 2 aromatic rings. The summed E-state index contributed by atoms with van der Waals surface area (Å²) >= 11 is 7.24. The van der Waals surface area contributed by atoms with Gasteiger partial charge in [-0.25, -0.2) is 14.8 Å². The van der Waals surface area contributed by atoms with Gasteiger partial charge < -0.3 is 10.1 Å². The maximum absolute atomic E-state index is 11.8. The topological polar surface area (TPSA) is 64.1 Å². The smallest absolute Gasteiger partial charge is 0.348 e. The molecule has 0 saturated heterocycles. The van der Waals surface area contributed by atoms with Crippen molar-refractivity contribution in [3.63, 3.8) is 0 Å². The van der Waals surface area contributed by atoms with Crippen LogP contribution in [0.25, 0.3) is 10.2 Å². The fraction of sp³-hybridized carbons (Fsp3) is 0.500. The number of carbonyl (C=O) groups is 1. The van der Waals surface area contributed by atoms with Gasteiger partial charge in [-0.3, -0.25) is 0 Å². The summed E-state index contributed by atoms with van der Waals surface area (Å²) in [4.78, 5) is 21.5. The van der Waals surface area contributed by atoms with Crippen LogP contribution in [0.5, 0.6) is 0 Å². The van der Waals surface area contributed by atoms with Crippen LogP contribution in [0.3, 0.4) is 0 Å². The Morgan fingerprint density at radius 3 is 2.76 bits per heavy atom. The highest BCUT2D eigenvalue weighted by molar-refractivity contribution is 7.20. The molecule has 0 amide bonds. The number of methoxy groups -OCH3 is 1. The van der Waals surface area contributed by atoms with Crippen molar-refractivity contribution < 1.29 is 9.53 Å². The summed E-state index contributed by atoms with van der Waals surface area (Å²) in [6, 6.07) is 0. The molecule has 0 spiro atoms. The largest absolute Gasteiger partial charge is 0.465 e. The number of aryl methyl sites for hydroxylation is 1. The average molecular weight is 328 g/mol. The van der Waals surface area contributed by atoms with Crippen molar-refractivity contribution in [3.05, 3.63) is 15.7 Å². The van der Waals surface area contributed by atoms with E-state index in [-0.39, 0.29) is 11.3 Å². The van der Waals surface area contributed by atoms with E-state index in [4.69, 9.17) is 16.3 Å². The van der Waals surface area contributed by atoms with E-state index in [1.807, 2.05) is 6.92 Å². The minimum absolute atomic E-state index is 0.173. The summed E-state index contributed by atoms with van der Waals surface area (Å²) in [5.74, 6) is 0.911. The van der Waals surface area contributed by atoms with Crippen LogP contribution >= 0.6 is 22.9 Å². The van der Waals surface area contributed by atoms with Gasteiger partial charge in [0.2, 0.25) is 5.28 Å². The van der Waals surface area contributed by atoms with Crippen LogP contribution in [0.1, 0.15) is 35.5 Å². The zero-order chi connectivity index (χ0) is 15.6. The molecule has 0 fully saturated rings. The first-order chi connectivity index (χ1) is 9.93. The van der Waals surface area contributed by atoms with Crippen LogP contribution in [-0.4, -0.2) is 29.6 Å². The number of thiophene rings is 1. The van der Waals surface area contributed by atoms with Gasteiger partial charge in [0.1, 0.15) is 15.5 Å². The van der Waals surface area contributed by atoms with Gasteiger partial charge in [0.15, 0.2) is 0 Å². The zero-order valence-electron chi connectivity index (χ0n) is 12.5. The monoisotopic (exact) mass is 327 g/mol. The summed E-state index contributed by atoms with van der Waals surface area (Å²) in [7, 11) is 1.37. The van der Waals surface area contributed by atoms with Crippen molar-refractivity contribution in [2.75, 3.05) is 19.0 Å². The van der Waals surface area contributed by atoms with Crippen LogP contribution < -0.4 is 5.32 Å². The van der Waals surface area contributed by atoms with Gasteiger partial charge in [-0.2, -0.15) is 0 Å². The van der Waals surface area contributed by atoms with Gasteiger partial charge >= 0.3 is 5.97 Å². The van der Waals surface area contributed by atoms with Gasteiger partial charge in [0.05, 0.1) is 12.5 Å². The Hall–Kier alpha value is -1.40. The fourth-order valence-corrected chi connectivity index (χ4v) is 3.33. The van der Waals surface area contributed by atoms with Crippen molar-refractivity contribution in [1.82, 2.24) is 9.97 Å². The number of anilines is 1. The number of hydrogen-bond donors (Lipinski definition) is 1. The lowest BCUT2D eigenvalue weighted by Crippen LogP contribution is -2.07. The maximum atomic E-state index is 11.8. The van der Waals surface area contributed by atoms with Crippen LogP contribution in [0.2, 0.25) is 5.28 Å². The first-order valence-corrected chi connectivity index (χ1v) is 7.92. The summed E-state index contributed by atoms with van der Waals surface area (Å²) in [5.41, 5.74) is 0.825. The van der Waals surface area contributed by atoms with Gasteiger partial charge in [0.25, 0.3) is 0 Å². The highest BCUT2D eigenvalue weighted by atomic mass is 35.5. The molecule has 0 aliphatic heterocycles. The molecule has 1 N–H and O–H groups in total. The standard InChI is InChI=1S/C14H18ClN3O2S/c1-7(2)5-6-16-11-9-8(3)10(13(19)20-4)21-12(9)18-14(15)17-11/h7H,5-6H2,1-4H3,(H,16,17,18). The highest BCUT2D eigenvalue weighted by Crippen LogP contribution is 2.35. The minimum atomic E-state index is -0.361. The van der Waals surface area contributed by atoms with E-state index >= 15 is 0 Å². The van der Waals surface area contributed by atoms with Gasteiger partial charge in [-0.05, 0) is 36.4 Å². The second-order valence-electron chi connectivity index (χ2n) is 5.18. The Labute approximate surface area is 132 Å². The number of ether oxygens (including phenoxy) is 1. The average Bonchev–Trinajstić information content (AvgIpc) is 2.74. The molecule has 114 valence electrons. The van der Waals surface area contributed by atoms with Gasteiger partial charge in [0, 0.05) is 6.54 Å². The van der Waals surface area contributed by atoms with E-state index in [0.717, 1.165) is 23.9 Å². The molecule has 0 unspecified atom stereocenters. The minimum Gasteiger partial charge on any atom is -0.465 e. The molecule has 0 aliphatic carbocycles. The first kappa shape index (κ1) is 16.0. The Morgan fingerprint density at radius 2 is 2.14 bits per heavy atom. The molecule has 0 aromatic carbocycles. The van der Waals surface area contributed by atoms with E-state index in [1.165, 1.54) is 18.4 Å². The lowest BCUT2D eigenvalue weighted by molar-refractivity contribution is 0.0605. The predicted molar refractivity (Wildman–Crippen MR) is 86.4 cm³/mol. The van der Waals surface area contributed by atoms with Gasteiger partial charge in [-0.1, -0.05) is 13.8 Å². The van der Waals surface area contributed by atoms with Crippen molar-refractivity contribution in [2.45, 2.75) is 27.2 Å². The number of fused-ring (bicyclic) bond motifs is 1. The summed E-state index contributed by atoms with van der Waals surface area (Å²) in [5, 5.41) is 4.30. The predicted octanol–water partition coefficient (Wildman–Crippen LogP) is 3.90. The number of halogens is 1. The summed E-state index contributed by atoms with van der Waals surface area (Å²) in [6.07, 6.45) is 1.02. The number of carbonyl (C=O) groups excluding carboxylic acids is 1. The van der Waals surface area contributed by atoms with E-state index in [9.17, 15) is 4.79 Å². The van der Waals surface area contributed by atoms with E-state index in [2.05, 4.69) is 29.1 Å². The molecule has 0 radical (unpaired) electrons. The SMILES string of the molecule is COC(=O)c1sc2nc(Cl)nc(NCCC(C)C)c2c1C. The van der Waals surface area contributed by atoms with Crippen molar-refractivity contribution >= 4 is 44.9 Å². The second kappa shape index (κ2) is 6.58. The lowest BCUT2D eigenvalue weighted by atomic mass is 10.1. The molecular formula is C14H18ClN3O2S. The van der Waals surface area contributed by atoms with Crippen molar-refractivity contribution in [1.29, 1.82) is 0 Å². The number of aromatic nitrogens is 2. The molecule has 2 rings (SSSR count). The first-order valence-electron chi connectivity index (χ1n) is 6.72. The van der Waals surface area contributed by atoms with Crippen LogP contribution in [0, 0.1) is 12.8 Å². The van der Waals surface area contributed by atoms with Gasteiger partial charge in [-0.15, -0.1) is 11.3 Å². The normalized spacial score (nSPS) is 11.1. The third-order valence-corrected chi connectivity index (χ3v) is 4.48. The number of esters is 1. The van der Waals surface area contributed by atoms with Crippen molar-refractivity contribution in [2.24, 2.45) is 5.92 Å². The Kier molecular flexibility index (Phi) is 5.00. The van der Waals surface area contributed by atoms with E-state index < -0.39 is 0 Å². The van der Waals surface area contributed by atoms with Crippen LogP contribution in [0.15, 0.2) is 0 Å². The Balaban J connectivity index is 2.44.